The Labute approximate surface area is 205 Å². The summed E-state index contributed by atoms with van der Waals surface area (Å²) in [6.07, 6.45) is -4.33. The van der Waals surface area contributed by atoms with E-state index in [2.05, 4.69) is 5.32 Å². The number of benzene rings is 3. The van der Waals surface area contributed by atoms with Crippen LogP contribution in [0.15, 0.2) is 78.2 Å². The summed E-state index contributed by atoms with van der Waals surface area (Å²) in [6.45, 7) is 0.488. The highest BCUT2D eigenvalue weighted by molar-refractivity contribution is 8.03. The predicted octanol–water partition coefficient (Wildman–Crippen LogP) is 6.09. The maximum absolute atomic E-state index is 12.8. The van der Waals surface area contributed by atoms with Crippen LogP contribution >= 0.6 is 11.8 Å². The molecule has 0 fully saturated rings. The summed E-state index contributed by atoms with van der Waals surface area (Å²) in [4.78, 5) is 15.1. The number of rotatable bonds is 7. The van der Waals surface area contributed by atoms with Crippen LogP contribution in [0, 0.1) is 0 Å². The summed E-state index contributed by atoms with van der Waals surface area (Å²) >= 11 is 1.62. The number of hydrogen-bond donors (Lipinski definition) is 2. The molecule has 5 nitrogen and oxygen atoms in total. The minimum Gasteiger partial charge on any atom is -0.478 e. The average molecular weight is 500 g/mol. The Morgan fingerprint density at radius 1 is 0.943 bits per heavy atom. The molecule has 0 spiro atoms. The van der Waals surface area contributed by atoms with E-state index in [1.54, 1.807) is 36.0 Å². The van der Waals surface area contributed by atoms with Gasteiger partial charge in [-0.15, -0.1) is 0 Å². The molecule has 3 aromatic rings. The molecule has 0 saturated carbocycles. The number of thioether (sulfide) groups is 1. The standard InChI is InChI=1S/C26H24F3N3O2S/c1-31(15-17-3-9-20(10-4-17)26(27,28)29)21-11-5-18(6-12-21)23-16-35-25(30-23)32(2)22-13-7-19(8-14-22)24(33)34/h3-14,16,25,30H,15H2,1-2H3,(H,33,34). The van der Waals surface area contributed by atoms with E-state index in [4.69, 9.17) is 5.11 Å². The monoisotopic (exact) mass is 499 g/mol. The number of carboxylic acids is 1. The Hall–Kier alpha value is -3.59. The average Bonchev–Trinajstić information content (AvgIpc) is 3.34. The van der Waals surface area contributed by atoms with Gasteiger partial charge in [0.15, 0.2) is 5.50 Å². The summed E-state index contributed by atoms with van der Waals surface area (Å²) in [5.41, 5.74) is 4.20. The fraction of sp³-hybridized carbons (Fsp3) is 0.192. The third-order valence-corrected chi connectivity index (χ3v) is 6.85. The molecule has 0 aromatic heterocycles. The van der Waals surface area contributed by atoms with Crippen molar-refractivity contribution < 1.29 is 23.1 Å². The van der Waals surface area contributed by atoms with E-state index in [-0.39, 0.29) is 11.1 Å². The van der Waals surface area contributed by atoms with E-state index < -0.39 is 17.7 Å². The molecule has 1 aliphatic heterocycles. The van der Waals surface area contributed by atoms with Gasteiger partial charge in [-0.1, -0.05) is 36.0 Å². The highest BCUT2D eigenvalue weighted by Crippen LogP contribution is 2.32. The molecule has 35 heavy (non-hydrogen) atoms. The fourth-order valence-corrected chi connectivity index (χ4v) is 4.68. The second-order valence-electron chi connectivity index (χ2n) is 8.22. The zero-order valence-electron chi connectivity index (χ0n) is 19.1. The van der Waals surface area contributed by atoms with Gasteiger partial charge in [-0.3, -0.25) is 0 Å². The number of carboxylic acid groups (broad SMARTS) is 1. The highest BCUT2D eigenvalue weighted by Gasteiger charge is 2.30. The third-order valence-electron chi connectivity index (χ3n) is 5.79. The van der Waals surface area contributed by atoms with Crippen molar-refractivity contribution in [2.75, 3.05) is 23.9 Å². The lowest BCUT2D eigenvalue weighted by Gasteiger charge is -2.27. The molecule has 0 saturated heterocycles. The Kier molecular flexibility index (Phi) is 6.98. The van der Waals surface area contributed by atoms with Crippen molar-refractivity contribution in [3.05, 3.63) is 100 Å². The maximum atomic E-state index is 12.8. The van der Waals surface area contributed by atoms with Crippen molar-refractivity contribution >= 4 is 34.8 Å². The molecule has 1 unspecified atom stereocenters. The zero-order valence-corrected chi connectivity index (χ0v) is 19.9. The van der Waals surface area contributed by atoms with E-state index in [1.165, 1.54) is 12.1 Å². The van der Waals surface area contributed by atoms with Crippen LogP contribution in [0.4, 0.5) is 24.5 Å². The normalized spacial score (nSPS) is 15.3. The quantitative estimate of drug-likeness (QED) is 0.410. The van der Waals surface area contributed by atoms with Crippen molar-refractivity contribution in [1.82, 2.24) is 5.32 Å². The van der Waals surface area contributed by atoms with Crippen molar-refractivity contribution in [3.8, 4) is 0 Å². The molecule has 9 heteroatoms. The van der Waals surface area contributed by atoms with Gasteiger partial charge in [-0.25, -0.2) is 4.79 Å². The first kappa shape index (κ1) is 24.5. The number of nitrogens with zero attached hydrogens (tertiary/aromatic N) is 2. The lowest BCUT2D eigenvalue weighted by atomic mass is 10.1. The van der Waals surface area contributed by atoms with E-state index >= 15 is 0 Å². The van der Waals surface area contributed by atoms with Gasteiger partial charge in [-0.2, -0.15) is 13.2 Å². The van der Waals surface area contributed by atoms with Crippen molar-refractivity contribution in [3.63, 3.8) is 0 Å². The van der Waals surface area contributed by atoms with Gasteiger partial charge in [-0.05, 0) is 65.1 Å². The van der Waals surface area contributed by atoms with Gasteiger partial charge >= 0.3 is 12.1 Å². The Bertz CT molecular complexity index is 1210. The number of anilines is 2. The number of aromatic carboxylic acids is 1. The fourth-order valence-electron chi connectivity index (χ4n) is 3.71. The van der Waals surface area contributed by atoms with Gasteiger partial charge in [0.25, 0.3) is 0 Å². The van der Waals surface area contributed by atoms with Gasteiger partial charge < -0.3 is 20.2 Å². The van der Waals surface area contributed by atoms with Crippen molar-refractivity contribution in [1.29, 1.82) is 0 Å². The van der Waals surface area contributed by atoms with Crippen LogP contribution in [0.5, 0.6) is 0 Å². The second-order valence-corrected chi connectivity index (χ2v) is 9.18. The smallest absolute Gasteiger partial charge is 0.416 e. The van der Waals surface area contributed by atoms with Gasteiger partial charge in [0.2, 0.25) is 0 Å². The second kappa shape index (κ2) is 9.95. The van der Waals surface area contributed by atoms with Gasteiger partial charge in [0, 0.05) is 32.0 Å². The molecule has 1 aliphatic rings. The van der Waals surface area contributed by atoms with Crippen LogP contribution in [0.1, 0.15) is 27.0 Å². The molecule has 0 aliphatic carbocycles. The molecule has 4 rings (SSSR count). The minimum absolute atomic E-state index is 0.0392. The number of hydrogen-bond acceptors (Lipinski definition) is 5. The highest BCUT2D eigenvalue weighted by atomic mass is 32.2. The Morgan fingerprint density at radius 3 is 2.11 bits per heavy atom. The molecule has 1 heterocycles. The SMILES string of the molecule is CN(Cc1ccc(C(F)(F)F)cc1)c1ccc(C2=CSC(N(C)c3ccc(C(=O)O)cc3)N2)cc1. The van der Waals surface area contributed by atoms with Crippen LogP contribution in [-0.4, -0.2) is 30.7 Å². The van der Waals surface area contributed by atoms with E-state index in [1.807, 2.05) is 53.6 Å². The van der Waals surface area contributed by atoms with Crippen LogP contribution in [-0.2, 0) is 12.7 Å². The van der Waals surface area contributed by atoms with Crippen molar-refractivity contribution in [2.24, 2.45) is 0 Å². The molecule has 0 amide bonds. The van der Waals surface area contributed by atoms with Crippen LogP contribution in [0.2, 0.25) is 0 Å². The van der Waals surface area contributed by atoms with Gasteiger partial charge in [0.1, 0.15) is 0 Å². The third kappa shape index (κ3) is 5.74. The summed E-state index contributed by atoms with van der Waals surface area (Å²) in [6, 6.07) is 19.9. The molecule has 0 bridgehead atoms. The molecule has 2 N–H and O–H groups in total. The lowest BCUT2D eigenvalue weighted by molar-refractivity contribution is -0.137. The maximum Gasteiger partial charge on any atom is 0.416 e. The van der Waals surface area contributed by atoms with Gasteiger partial charge in [0.05, 0.1) is 16.8 Å². The number of nitrogens with one attached hydrogen (secondary N) is 1. The molecule has 1 atom stereocenters. The number of halogens is 3. The molecular weight excluding hydrogens is 475 g/mol. The Balaban J connectivity index is 1.36. The largest absolute Gasteiger partial charge is 0.478 e. The first-order chi connectivity index (χ1) is 16.6. The van der Waals surface area contributed by atoms with Crippen LogP contribution in [0.3, 0.4) is 0 Å². The molecule has 3 aromatic carbocycles. The zero-order chi connectivity index (χ0) is 25.2. The van der Waals surface area contributed by atoms with Crippen LogP contribution < -0.4 is 15.1 Å². The first-order valence-electron chi connectivity index (χ1n) is 10.8. The summed E-state index contributed by atoms with van der Waals surface area (Å²) in [5.74, 6) is -0.954. The Morgan fingerprint density at radius 2 is 1.54 bits per heavy atom. The van der Waals surface area contributed by atoms with Crippen LogP contribution in [0.25, 0.3) is 5.70 Å². The molecule has 182 valence electrons. The summed E-state index contributed by atoms with van der Waals surface area (Å²) in [7, 11) is 3.84. The first-order valence-corrected chi connectivity index (χ1v) is 11.7. The number of alkyl halides is 3. The summed E-state index contributed by atoms with van der Waals surface area (Å²) in [5, 5.41) is 14.6. The van der Waals surface area contributed by atoms with E-state index in [0.29, 0.717) is 6.54 Å². The molecule has 0 radical (unpaired) electrons. The van der Waals surface area contributed by atoms with E-state index in [0.717, 1.165) is 40.3 Å². The topological polar surface area (TPSA) is 55.8 Å². The summed E-state index contributed by atoms with van der Waals surface area (Å²) < 4.78 is 38.3. The van der Waals surface area contributed by atoms with E-state index in [9.17, 15) is 18.0 Å². The lowest BCUT2D eigenvalue weighted by Crippen LogP contribution is -2.37. The van der Waals surface area contributed by atoms with Crippen molar-refractivity contribution in [2.45, 2.75) is 18.2 Å². The molecular formula is C26H24F3N3O2S. The minimum atomic E-state index is -4.33. The predicted molar refractivity (Wildman–Crippen MR) is 134 cm³/mol. The number of carbonyl (C=O) groups is 1.